The molecule has 2 aromatic heterocycles. The van der Waals surface area contributed by atoms with Crippen molar-refractivity contribution in [3.63, 3.8) is 0 Å². The maximum atomic E-state index is 12.7. The molecule has 2 heterocycles. The van der Waals surface area contributed by atoms with Gasteiger partial charge < -0.3 is 9.88 Å². The van der Waals surface area contributed by atoms with Crippen molar-refractivity contribution in [1.29, 1.82) is 0 Å². The Kier molecular flexibility index (Phi) is 7.41. The number of hydrogen-bond donors (Lipinski definition) is 1. The van der Waals surface area contributed by atoms with Crippen LogP contribution in [0.2, 0.25) is 0 Å². The molecule has 33 heavy (non-hydrogen) atoms. The van der Waals surface area contributed by atoms with Gasteiger partial charge in [0.25, 0.3) is 0 Å². The molecule has 0 radical (unpaired) electrons. The molecule has 0 aliphatic heterocycles. The van der Waals surface area contributed by atoms with Crippen molar-refractivity contribution >= 4 is 35.1 Å². The minimum atomic E-state index is -0.0917. The van der Waals surface area contributed by atoms with Crippen LogP contribution in [0.15, 0.2) is 71.0 Å². The normalized spacial score (nSPS) is 10.9. The Hall–Kier alpha value is -3.17. The molecule has 4 rings (SSSR count). The maximum Gasteiger partial charge on any atom is 0.234 e. The molecule has 0 aliphatic rings. The molecule has 168 valence electrons. The minimum Gasteiger partial charge on any atom is -0.325 e. The highest BCUT2D eigenvalue weighted by molar-refractivity contribution is 7.99. The molecule has 0 spiro atoms. The van der Waals surface area contributed by atoms with Crippen LogP contribution in [0.4, 0.5) is 5.69 Å². The lowest BCUT2D eigenvalue weighted by Gasteiger charge is -2.11. The quantitative estimate of drug-likeness (QED) is 0.286. The molecule has 9 heteroatoms. The van der Waals surface area contributed by atoms with Gasteiger partial charge in [0, 0.05) is 29.7 Å². The van der Waals surface area contributed by atoms with Gasteiger partial charge in [-0.15, -0.1) is 10.2 Å². The number of benzene rings is 2. The van der Waals surface area contributed by atoms with Crippen LogP contribution in [-0.4, -0.2) is 36.4 Å². The lowest BCUT2D eigenvalue weighted by molar-refractivity contribution is -0.113. The third-order valence-corrected chi connectivity index (χ3v) is 6.70. The van der Waals surface area contributed by atoms with Gasteiger partial charge in [-0.05, 0) is 31.5 Å². The predicted octanol–water partition coefficient (Wildman–Crippen LogP) is 4.91. The molecule has 4 aromatic rings. The Labute approximate surface area is 201 Å². The second-order valence-corrected chi connectivity index (χ2v) is 9.31. The summed E-state index contributed by atoms with van der Waals surface area (Å²) in [6.07, 6.45) is 0. The second-order valence-electron chi connectivity index (χ2n) is 7.43. The fourth-order valence-corrected chi connectivity index (χ4v) is 4.92. The van der Waals surface area contributed by atoms with Crippen molar-refractivity contribution < 1.29 is 4.79 Å². The molecule has 0 aliphatic carbocycles. The predicted molar refractivity (Wildman–Crippen MR) is 133 cm³/mol. The van der Waals surface area contributed by atoms with Crippen LogP contribution in [0.1, 0.15) is 17.2 Å². The van der Waals surface area contributed by atoms with Gasteiger partial charge in [0.05, 0.1) is 11.5 Å². The average Bonchev–Trinajstić information content (AvgIpc) is 3.16. The van der Waals surface area contributed by atoms with E-state index in [1.165, 1.54) is 23.5 Å². The number of hydrogen-bond acceptors (Lipinski definition) is 7. The number of amides is 1. The number of para-hydroxylation sites is 1. The molecule has 2 aromatic carbocycles. The molecule has 0 saturated heterocycles. The number of thioether (sulfide) groups is 2. The molecule has 1 amide bonds. The Morgan fingerprint density at radius 1 is 0.939 bits per heavy atom. The van der Waals surface area contributed by atoms with Crippen LogP contribution in [-0.2, 0) is 17.6 Å². The number of nitrogens with zero attached hydrogens (tertiary/aromatic N) is 5. The first-order valence-corrected chi connectivity index (χ1v) is 12.4. The summed E-state index contributed by atoms with van der Waals surface area (Å²) < 4.78 is 1.91. The molecular formula is C24H24N6OS2. The highest BCUT2D eigenvalue weighted by atomic mass is 32.2. The summed E-state index contributed by atoms with van der Waals surface area (Å²) in [4.78, 5) is 21.6. The summed E-state index contributed by atoms with van der Waals surface area (Å²) in [6, 6.07) is 19.8. The van der Waals surface area contributed by atoms with E-state index in [9.17, 15) is 4.79 Å². The van der Waals surface area contributed by atoms with Crippen molar-refractivity contribution in [3.05, 3.63) is 77.9 Å². The van der Waals surface area contributed by atoms with E-state index in [0.29, 0.717) is 10.9 Å². The SMILES string of the molecule is Cc1cc(C)nc(SCc2nnc(SCC(=O)Nc3ccccc3-c3ccccc3)n2C)n1. The van der Waals surface area contributed by atoms with E-state index in [-0.39, 0.29) is 11.7 Å². The van der Waals surface area contributed by atoms with Gasteiger partial charge in [-0.2, -0.15) is 0 Å². The number of nitrogens with one attached hydrogen (secondary N) is 1. The van der Waals surface area contributed by atoms with Crippen molar-refractivity contribution in [2.24, 2.45) is 7.05 Å². The maximum absolute atomic E-state index is 12.7. The van der Waals surface area contributed by atoms with Gasteiger partial charge in [0.1, 0.15) is 5.82 Å². The van der Waals surface area contributed by atoms with Gasteiger partial charge in [-0.1, -0.05) is 72.1 Å². The monoisotopic (exact) mass is 476 g/mol. The summed E-state index contributed by atoms with van der Waals surface area (Å²) in [5.41, 5.74) is 4.73. The van der Waals surface area contributed by atoms with Crippen LogP contribution < -0.4 is 5.32 Å². The third kappa shape index (κ3) is 6.00. The number of rotatable bonds is 8. The van der Waals surface area contributed by atoms with Crippen molar-refractivity contribution in [2.45, 2.75) is 29.9 Å². The average molecular weight is 477 g/mol. The largest absolute Gasteiger partial charge is 0.325 e. The standard InChI is InChI=1S/C24H24N6OS2/c1-16-13-17(2)26-23(25-16)32-14-21-28-29-24(30(21)3)33-15-22(31)27-20-12-8-7-11-19(20)18-9-5-4-6-10-18/h4-13H,14-15H2,1-3H3,(H,27,31). The smallest absolute Gasteiger partial charge is 0.234 e. The first kappa shape index (κ1) is 23.0. The van der Waals surface area contributed by atoms with E-state index in [1.807, 2.05) is 86.1 Å². The second kappa shape index (κ2) is 10.6. The van der Waals surface area contributed by atoms with Crippen LogP contribution in [0.3, 0.4) is 0 Å². The van der Waals surface area contributed by atoms with Crippen molar-refractivity contribution in [1.82, 2.24) is 24.7 Å². The third-order valence-electron chi connectivity index (χ3n) is 4.84. The van der Waals surface area contributed by atoms with Gasteiger partial charge in [-0.3, -0.25) is 4.79 Å². The fourth-order valence-electron chi connectivity index (χ4n) is 3.26. The first-order chi connectivity index (χ1) is 16.0. The summed E-state index contributed by atoms with van der Waals surface area (Å²) in [5, 5.41) is 13.0. The Morgan fingerprint density at radius 3 is 2.39 bits per heavy atom. The number of carbonyl (C=O) groups excluding carboxylic acids is 1. The summed E-state index contributed by atoms with van der Waals surface area (Å²) in [6.45, 7) is 3.91. The van der Waals surface area contributed by atoms with Gasteiger partial charge in [-0.25, -0.2) is 9.97 Å². The van der Waals surface area contributed by atoms with Gasteiger partial charge >= 0.3 is 0 Å². The number of aromatic nitrogens is 5. The lowest BCUT2D eigenvalue weighted by Crippen LogP contribution is -2.15. The van der Waals surface area contributed by atoms with Crippen molar-refractivity contribution in [2.75, 3.05) is 11.1 Å². The Balaban J connectivity index is 1.36. The molecule has 0 saturated carbocycles. The highest BCUT2D eigenvalue weighted by Crippen LogP contribution is 2.28. The van der Waals surface area contributed by atoms with Crippen LogP contribution >= 0.6 is 23.5 Å². The zero-order valence-electron chi connectivity index (χ0n) is 18.6. The summed E-state index contributed by atoms with van der Waals surface area (Å²) in [5.74, 6) is 1.55. The number of anilines is 1. The zero-order valence-corrected chi connectivity index (χ0v) is 20.3. The van der Waals surface area contributed by atoms with E-state index < -0.39 is 0 Å². The minimum absolute atomic E-state index is 0.0917. The number of aryl methyl sites for hydroxylation is 2. The highest BCUT2D eigenvalue weighted by Gasteiger charge is 2.14. The number of carbonyl (C=O) groups is 1. The van der Waals surface area contributed by atoms with Crippen LogP contribution in [0.5, 0.6) is 0 Å². The topological polar surface area (TPSA) is 85.6 Å². The molecule has 1 N–H and O–H groups in total. The van der Waals surface area contributed by atoms with Crippen LogP contribution in [0, 0.1) is 13.8 Å². The summed E-state index contributed by atoms with van der Waals surface area (Å²) in [7, 11) is 1.91. The van der Waals surface area contributed by atoms with Gasteiger partial charge in [0.2, 0.25) is 5.91 Å². The Morgan fingerprint density at radius 2 is 1.64 bits per heavy atom. The molecule has 0 fully saturated rings. The Bertz CT molecular complexity index is 1240. The molecular weight excluding hydrogens is 452 g/mol. The molecule has 0 unspecified atom stereocenters. The van der Waals surface area contributed by atoms with E-state index in [0.717, 1.165) is 39.2 Å². The van der Waals surface area contributed by atoms with E-state index in [1.54, 1.807) is 0 Å². The first-order valence-electron chi connectivity index (χ1n) is 10.4. The van der Waals surface area contributed by atoms with Gasteiger partial charge in [0.15, 0.2) is 10.3 Å². The lowest BCUT2D eigenvalue weighted by atomic mass is 10.0. The van der Waals surface area contributed by atoms with E-state index in [2.05, 4.69) is 25.5 Å². The molecule has 0 atom stereocenters. The van der Waals surface area contributed by atoms with Crippen LogP contribution in [0.25, 0.3) is 11.1 Å². The fraction of sp³-hybridized carbons (Fsp3) is 0.208. The van der Waals surface area contributed by atoms with E-state index in [4.69, 9.17) is 0 Å². The van der Waals surface area contributed by atoms with E-state index >= 15 is 0 Å². The zero-order chi connectivity index (χ0) is 23.2. The summed E-state index contributed by atoms with van der Waals surface area (Å²) >= 11 is 2.88. The van der Waals surface area contributed by atoms with Crippen molar-refractivity contribution in [3.8, 4) is 11.1 Å². The molecule has 7 nitrogen and oxygen atoms in total. The molecule has 0 bridgehead atoms.